The van der Waals surface area contributed by atoms with Crippen LogP contribution in [0.1, 0.15) is 11.1 Å². The van der Waals surface area contributed by atoms with Gasteiger partial charge in [0, 0.05) is 38.6 Å². The fourth-order valence-electron chi connectivity index (χ4n) is 3.55. The van der Waals surface area contributed by atoms with Crippen molar-refractivity contribution in [1.29, 1.82) is 0 Å². The molecule has 0 radical (unpaired) electrons. The summed E-state index contributed by atoms with van der Waals surface area (Å²) in [6, 6.07) is 24.6. The molecular formula is C24H17BrN2OS. The number of carbonyl (C=O) groups is 1. The minimum absolute atomic E-state index is 0.0570. The molecule has 1 aliphatic rings. The summed E-state index contributed by atoms with van der Waals surface area (Å²) in [5.41, 5.74) is 4.31. The number of thioether (sulfide) groups is 1. The molecule has 0 saturated heterocycles. The first kappa shape index (κ1) is 18.3. The molecule has 4 aromatic rings. The third kappa shape index (κ3) is 3.63. The normalized spacial score (nSPS) is 14.8. The van der Waals surface area contributed by atoms with Crippen LogP contribution in [0.5, 0.6) is 0 Å². The average molecular weight is 461 g/mol. The molecule has 5 rings (SSSR count). The molecule has 142 valence electrons. The van der Waals surface area contributed by atoms with Gasteiger partial charge in [-0.25, -0.2) is 0 Å². The summed E-state index contributed by atoms with van der Waals surface area (Å²) >= 11 is 5.01. The van der Waals surface area contributed by atoms with Crippen molar-refractivity contribution in [3.8, 4) is 0 Å². The van der Waals surface area contributed by atoms with Crippen LogP contribution in [-0.2, 0) is 11.3 Å². The van der Waals surface area contributed by atoms with Crippen molar-refractivity contribution in [2.45, 2.75) is 11.4 Å². The highest BCUT2D eigenvalue weighted by molar-refractivity contribution is 9.10. The Morgan fingerprint density at radius 2 is 1.72 bits per heavy atom. The lowest BCUT2D eigenvalue weighted by atomic mass is 10.1. The van der Waals surface area contributed by atoms with Crippen LogP contribution in [-0.4, -0.2) is 10.5 Å². The third-order valence-corrected chi connectivity index (χ3v) is 6.58. The molecular weight excluding hydrogens is 444 g/mol. The number of aromatic nitrogens is 1. The Bertz CT molecular complexity index is 1260. The van der Waals surface area contributed by atoms with Gasteiger partial charge < -0.3 is 9.88 Å². The molecule has 1 aromatic heterocycles. The lowest BCUT2D eigenvalue weighted by Crippen LogP contribution is -2.16. The first-order valence-electron chi connectivity index (χ1n) is 9.30. The maximum absolute atomic E-state index is 12.6. The summed E-state index contributed by atoms with van der Waals surface area (Å²) < 4.78 is 3.31. The molecule has 0 fully saturated rings. The number of hydrogen-bond acceptors (Lipinski definition) is 2. The van der Waals surface area contributed by atoms with Gasteiger partial charge in [0.05, 0.1) is 10.6 Å². The Kier molecular flexibility index (Phi) is 4.78. The number of carbonyl (C=O) groups excluding carboxylic acids is 1. The van der Waals surface area contributed by atoms with Crippen LogP contribution in [0, 0.1) is 0 Å². The van der Waals surface area contributed by atoms with Crippen molar-refractivity contribution >= 4 is 56.3 Å². The zero-order chi connectivity index (χ0) is 19.8. The Balaban J connectivity index is 1.55. The van der Waals surface area contributed by atoms with Crippen molar-refractivity contribution in [3.05, 3.63) is 99.5 Å². The molecule has 5 heteroatoms. The second kappa shape index (κ2) is 7.58. The zero-order valence-corrected chi connectivity index (χ0v) is 17.8. The number of nitrogens with one attached hydrogen (secondary N) is 1. The molecule has 1 aliphatic heterocycles. The van der Waals surface area contributed by atoms with Crippen LogP contribution in [0.4, 0.5) is 5.69 Å². The van der Waals surface area contributed by atoms with Crippen molar-refractivity contribution < 1.29 is 4.79 Å². The smallest absolute Gasteiger partial charge is 0.262 e. The summed E-state index contributed by atoms with van der Waals surface area (Å²) in [5.74, 6) is -0.0570. The lowest BCUT2D eigenvalue weighted by Gasteiger charge is -2.18. The van der Waals surface area contributed by atoms with Gasteiger partial charge in [-0.05, 0) is 42.0 Å². The highest BCUT2D eigenvalue weighted by Crippen LogP contribution is 2.39. The second-order valence-corrected chi connectivity index (χ2v) is 8.92. The summed E-state index contributed by atoms with van der Waals surface area (Å²) in [6.07, 6.45) is 4.13. The quantitative estimate of drug-likeness (QED) is 0.352. The highest BCUT2D eigenvalue weighted by atomic mass is 79.9. The predicted molar refractivity (Wildman–Crippen MR) is 124 cm³/mol. The van der Waals surface area contributed by atoms with Crippen molar-refractivity contribution in [2.75, 3.05) is 5.32 Å². The molecule has 1 N–H and O–H groups in total. The van der Waals surface area contributed by atoms with Gasteiger partial charge in [-0.1, -0.05) is 70.2 Å². The van der Waals surface area contributed by atoms with Crippen LogP contribution in [0.3, 0.4) is 0 Å². The SMILES string of the molecule is O=C1Nc2ccccc2S/C1=C\c1cn(Cc2ccc(Br)cc2)c2ccccc12. The number of rotatable bonds is 3. The van der Waals surface area contributed by atoms with E-state index < -0.39 is 0 Å². The van der Waals surface area contributed by atoms with E-state index in [-0.39, 0.29) is 5.91 Å². The van der Waals surface area contributed by atoms with Crippen LogP contribution in [0.25, 0.3) is 17.0 Å². The summed E-state index contributed by atoms with van der Waals surface area (Å²) in [7, 11) is 0. The standard InChI is InChI=1S/C24H17BrN2OS/c25-18-11-9-16(10-12-18)14-27-15-17(19-5-1-3-7-21(19)27)13-23-24(28)26-20-6-2-4-8-22(20)29-23/h1-13,15H,14H2,(H,26,28)/b23-13-. The van der Waals surface area contributed by atoms with Gasteiger partial charge in [-0.15, -0.1) is 0 Å². The number of halogens is 1. The van der Waals surface area contributed by atoms with Gasteiger partial charge in [0.2, 0.25) is 0 Å². The molecule has 0 bridgehead atoms. The van der Waals surface area contributed by atoms with Gasteiger partial charge in [0.1, 0.15) is 0 Å². The zero-order valence-electron chi connectivity index (χ0n) is 15.4. The first-order chi connectivity index (χ1) is 14.2. The Labute approximate surface area is 181 Å². The van der Waals surface area contributed by atoms with Gasteiger partial charge >= 0.3 is 0 Å². The average Bonchev–Trinajstić information content (AvgIpc) is 3.08. The topological polar surface area (TPSA) is 34.0 Å². The van der Waals surface area contributed by atoms with E-state index in [0.29, 0.717) is 4.91 Å². The van der Waals surface area contributed by atoms with Crippen LogP contribution in [0.2, 0.25) is 0 Å². The van der Waals surface area contributed by atoms with E-state index in [0.717, 1.165) is 38.1 Å². The lowest BCUT2D eigenvalue weighted by molar-refractivity contribution is -0.112. The fraction of sp³-hybridized carbons (Fsp3) is 0.0417. The maximum Gasteiger partial charge on any atom is 0.262 e. The summed E-state index contributed by atoms with van der Waals surface area (Å²) in [4.78, 5) is 14.4. The van der Waals surface area contributed by atoms with E-state index >= 15 is 0 Å². The number of hydrogen-bond donors (Lipinski definition) is 1. The maximum atomic E-state index is 12.6. The molecule has 3 aromatic carbocycles. The minimum atomic E-state index is -0.0570. The predicted octanol–water partition coefficient (Wildman–Crippen LogP) is 6.54. The highest BCUT2D eigenvalue weighted by Gasteiger charge is 2.21. The largest absolute Gasteiger partial charge is 0.342 e. The number of fused-ring (bicyclic) bond motifs is 2. The van der Waals surface area contributed by atoms with Gasteiger partial charge in [-0.3, -0.25) is 4.79 Å². The van der Waals surface area contributed by atoms with E-state index in [1.165, 1.54) is 17.3 Å². The number of nitrogens with zero attached hydrogens (tertiary/aromatic N) is 1. The molecule has 2 heterocycles. The fourth-order valence-corrected chi connectivity index (χ4v) is 4.76. The first-order valence-corrected chi connectivity index (χ1v) is 10.9. The number of benzene rings is 3. The Hall–Kier alpha value is -2.76. The van der Waals surface area contributed by atoms with E-state index in [4.69, 9.17) is 0 Å². The van der Waals surface area contributed by atoms with Crippen molar-refractivity contribution in [3.63, 3.8) is 0 Å². The molecule has 0 spiro atoms. The number of amides is 1. The number of anilines is 1. The molecule has 1 amide bonds. The van der Waals surface area contributed by atoms with Crippen LogP contribution < -0.4 is 5.32 Å². The summed E-state index contributed by atoms with van der Waals surface area (Å²) in [5, 5.41) is 4.13. The monoisotopic (exact) mass is 460 g/mol. The molecule has 29 heavy (non-hydrogen) atoms. The molecule has 0 unspecified atom stereocenters. The Morgan fingerprint density at radius 1 is 0.966 bits per heavy atom. The van der Waals surface area contributed by atoms with E-state index in [9.17, 15) is 4.79 Å². The van der Waals surface area contributed by atoms with Gasteiger partial charge in [-0.2, -0.15) is 0 Å². The van der Waals surface area contributed by atoms with E-state index in [1.54, 1.807) is 0 Å². The van der Waals surface area contributed by atoms with E-state index in [1.807, 2.05) is 36.4 Å². The van der Waals surface area contributed by atoms with Gasteiger partial charge in [0.25, 0.3) is 5.91 Å². The third-order valence-electron chi connectivity index (χ3n) is 4.95. The van der Waals surface area contributed by atoms with Crippen LogP contribution in [0.15, 0.2) is 93.3 Å². The molecule has 0 saturated carbocycles. The molecule has 0 aliphatic carbocycles. The minimum Gasteiger partial charge on any atom is -0.342 e. The van der Waals surface area contributed by atoms with Crippen LogP contribution >= 0.6 is 27.7 Å². The molecule has 0 atom stereocenters. The van der Waals surface area contributed by atoms with Crippen molar-refractivity contribution in [2.24, 2.45) is 0 Å². The van der Waals surface area contributed by atoms with E-state index in [2.05, 4.69) is 74.5 Å². The van der Waals surface area contributed by atoms with Crippen molar-refractivity contribution in [1.82, 2.24) is 4.57 Å². The Morgan fingerprint density at radius 3 is 2.59 bits per heavy atom. The second-order valence-electron chi connectivity index (χ2n) is 6.92. The summed E-state index contributed by atoms with van der Waals surface area (Å²) in [6.45, 7) is 0.777. The number of para-hydroxylation sites is 2. The van der Waals surface area contributed by atoms with Gasteiger partial charge in [0.15, 0.2) is 0 Å². The molecule has 3 nitrogen and oxygen atoms in total.